The number of hydrogen-bond donors (Lipinski definition) is 3. The van der Waals surface area contributed by atoms with E-state index in [1.807, 2.05) is 39.2 Å². The summed E-state index contributed by atoms with van der Waals surface area (Å²) < 4.78 is 14.2. The molecule has 0 amide bonds. The minimum atomic E-state index is -0.315. The van der Waals surface area contributed by atoms with E-state index in [4.69, 9.17) is 35.4 Å². The van der Waals surface area contributed by atoms with E-state index in [1.54, 1.807) is 12.1 Å². The number of rotatable bonds is 5. The van der Waals surface area contributed by atoms with Crippen LogP contribution in [0.5, 0.6) is 0 Å². The predicted molar refractivity (Wildman–Crippen MR) is 107 cm³/mol. The van der Waals surface area contributed by atoms with E-state index in [9.17, 15) is 4.39 Å². The Balaban J connectivity index is 2.09. The first-order chi connectivity index (χ1) is 11.8. The highest BCUT2D eigenvalue weighted by molar-refractivity contribution is 7.80. The predicted octanol–water partition coefficient (Wildman–Crippen LogP) is 3.61. The van der Waals surface area contributed by atoms with Crippen molar-refractivity contribution >= 4 is 46.2 Å². The van der Waals surface area contributed by atoms with Gasteiger partial charge in [-0.15, -0.1) is 0 Å². The standard InChI is InChI=1S/C18H20Cl2FN3S/c1-11-12(19)6-5-9-15(11)23-18(25)22-10-16(24(2)3)17-13(20)7-4-8-14(17)21/h4-9,16H,10H2,1-3H3,(H2,22,23,25)/p+1/t16-/m0/s1. The first kappa shape index (κ1) is 19.9. The van der Waals surface area contributed by atoms with Gasteiger partial charge in [-0.25, -0.2) is 4.39 Å². The third-order valence-electron chi connectivity index (χ3n) is 4.03. The zero-order valence-electron chi connectivity index (χ0n) is 14.3. The van der Waals surface area contributed by atoms with Crippen molar-refractivity contribution in [2.75, 3.05) is 26.0 Å². The van der Waals surface area contributed by atoms with Gasteiger partial charge in [0, 0.05) is 10.7 Å². The van der Waals surface area contributed by atoms with Gasteiger partial charge in [-0.1, -0.05) is 35.3 Å². The minimum absolute atomic E-state index is 0.186. The third-order valence-corrected chi connectivity index (χ3v) is 5.01. The maximum Gasteiger partial charge on any atom is 0.171 e. The lowest BCUT2D eigenvalue weighted by Crippen LogP contribution is -3.07. The summed E-state index contributed by atoms with van der Waals surface area (Å²) in [4.78, 5) is 1.04. The lowest BCUT2D eigenvalue weighted by Gasteiger charge is -2.24. The number of halogens is 3. The van der Waals surface area contributed by atoms with Gasteiger partial charge < -0.3 is 15.5 Å². The van der Waals surface area contributed by atoms with Gasteiger partial charge in [-0.05, 0) is 49.0 Å². The highest BCUT2D eigenvalue weighted by Gasteiger charge is 2.24. The SMILES string of the molecule is Cc1c(Cl)cccc1NC(=S)NC[C@@H](c1c(F)cccc1Cl)[NH+](C)C. The number of likely N-dealkylation sites (N-methyl/N-ethyl adjacent to an activating group) is 1. The van der Waals surface area contributed by atoms with Crippen LogP contribution in [0.2, 0.25) is 10.0 Å². The molecule has 2 aromatic carbocycles. The lowest BCUT2D eigenvalue weighted by molar-refractivity contribution is -0.890. The number of anilines is 1. The van der Waals surface area contributed by atoms with Crippen LogP contribution < -0.4 is 15.5 Å². The molecule has 25 heavy (non-hydrogen) atoms. The molecule has 0 saturated carbocycles. The van der Waals surface area contributed by atoms with Crippen molar-refractivity contribution in [1.29, 1.82) is 0 Å². The van der Waals surface area contributed by atoms with Gasteiger partial charge in [0.15, 0.2) is 5.11 Å². The molecule has 7 heteroatoms. The highest BCUT2D eigenvalue weighted by Crippen LogP contribution is 2.24. The van der Waals surface area contributed by atoms with Crippen LogP contribution in [0.25, 0.3) is 0 Å². The Morgan fingerprint density at radius 3 is 2.44 bits per heavy atom. The van der Waals surface area contributed by atoms with E-state index in [2.05, 4.69) is 10.6 Å². The quantitative estimate of drug-likeness (QED) is 0.669. The highest BCUT2D eigenvalue weighted by atomic mass is 35.5. The van der Waals surface area contributed by atoms with E-state index < -0.39 is 0 Å². The molecule has 1 atom stereocenters. The van der Waals surface area contributed by atoms with E-state index in [0.717, 1.165) is 16.2 Å². The molecule has 0 aromatic heterocycles. The molecule has 3 N–H and O–H groups in total. The van der Waals surface area contributed by atoms with E-state index >= 15 is 0 Å². The van der Waals surface area contributed by atoms with Crippen molar-refractivity contribution in [2.45, 2.75) is 13.0 Å². The maximum absolute atomic E-state index is 14.2. The largest absolute Gasteiger partial charge is 0.356 e. The van der Waals surface area contributed by atoms with Crippen LogP contribution in [0, 0.1) is 12.7 Å². The monoisotopic (exact) mass is 400 g/mol. The van der Waals surface area contributed by atoms with Gasteiger partial charge in [0.25, 0.3) is 0 Å². The Hall–Kier alpha value is -1.40. The van der Waals surface area contributed by atoms with E-state index in [0.29, 0.717) is 27.3 Å². The Bertz CT molecular complexity index is 748. The van der Waals surface area contributed by atoms with Gasteiger partial charge in [-0.2, -0.15) is 0 Å². The third kappa shape index (κ3) is 5.05. The first-order valence-corrected chi connectivity index (χ1v) is 9.01. The summed E-state index contributed by atoms with van der Waals surface area (Å²) in [6.07, 6.45) is 0. The summed E-state index contributed by atoms with van der Waals surface area (Å²) in [6, 6.07) is 10.1. The van der Waals surface area contributed by atoms with Crippen LogP contribution in [0.15, 0.2) is 36.4 Å². The van der Waals surface area contributed by atoms with Crippen molar-refractivity contribution in [3.05, 3.63) is 63.4 Å². The molecular weight excluding hydrogens is 380 g/mol. The molecule has 2 aromatic rings. The number of benzene rings is 2. The number of quaternary nitrogens is 1. The fraction of sp³-hybridized carbons (Fsp3) is 0.278. The molecule has 0 heterocycles. The molecule has 0 unspecified atom stereocenters. The van der Waals surface area contributed by atoms with Crippen LogP contribution in [0.1, 0.15) is 17.2 Å². The van der Waals surface area contributed by atoms with Crippen molar-refractivity contribution < 1.29 is 9.29 Å². The minimum Gasteiger partial charge on any atom is -0.356 e. The topological polar surface area (TPSA) is 28.5 Å². The first-order valence-electron chi connectivity index (χ1n) is 7.85. The summed E-state index contributed by atoms with van der Waals surface area (Å²) in [5.41, 5.74) is 2.24. The molecular formula is C18H21Cl2FN3S+. The van der Waals surface area contributed by atoms with Crippen molar-refractivity contribution in [2.24, 2.45) is 0 Å². The summed E-state index contributed by atoms with van der Waals surface area (Å²) in [6.45, 7) is 2.35. The normalized spacial score (nSPS) is 12.1. The van der Waals surface area contributed by atoms with Gasteiger partial charge in [0.1, 0.15) is 11.9 Å². The molecule has 0 aliphatic heterocycles. The Morgan fingerprint density at radius 1 is 1.16 bits per heavy atom. The summed E-state index contributed by atoms with van der Waals surface area (Å²) in [7, 11) is 3.90. The number of hydrogen-bond acceptors (Lipinski definition) is 1. The average Bonchev–Trinajstić information content (AvgIpc) is 2.54. The number of nitrogens with one attached hydrogen (secondary N) is 3. The van der Waals surface area contributed by atoms with Gasteiger partial charge in [0.05, 0.1) is 31.2 Å². The van der Waals surface area contributed by atoms with Gasteiger partial charge in [0.2, 0.25) is 0 Å². The second-order valence-corrected chi connectivity index (χ2v) is 7.24. The van der Waals surface area contributed by atoms with E-state index in [1.165, 1.54) is 6.07 Å². The molecule has 0 fully saturated rings. The maximum atomic E-state index is 14.2. The lowest BCUT2D eigenvalue weighted by atomic mass is 10.1. The van der Waals surface area contributed by atoms with Crippen LogP contribution in [-0.2, 0) is 0 Å². The molecule has 0 aliphatic carbocycles. The molecule has 3 nitrogen and oxygen atoms in total. The van der Waals surface area contributed by atoms with Crippen LogP contribution >= 0.6 is 35.4 Å². The molecule has 2 rings (SSSR count). The average molecular weight is 401 g/mol. The number of thiocarbonyl (C=S) groups is 1. The molecule has 0 saturated heterocycles. The Kier molecular flexibility index (Phi) is 7.02. The Labute approximate surface area is 163 Å². The zero-order valence-corrected chi connectivity index (χ0v) is 16.6. The summed E-state index contributed by atoms with van der Waals surface area (Å²) in [5.74, 6) is -0.315. The summed E-state index contributed by atoms with van der Waals surface area (Å²) >= 11 is 17.7. The molecule has 0 aliphatic rings. The second-order valence-electron chi connectivity index (χ2n) is 6.01. The molecule has 0 bridgehead atoms. The van der Waals surface area contributed by atoms with Crippen molar-refractivity contribution in [1.82, 2.24) is 5.32 Å². The second kappa shape index (κ2) is 8.81. The zero-order chi connectivity index (χ0) is 18.6. The fourth-order valence-electron chi connectivity index (χ4n) is 2.54. The smallest absolute Gasteiger partial charge is 0.171 e. The Morgan fingerprint density at radius 2 is 1.80 bits per heavy atom. The molecule has 0 spiro atoms. The van der Waals surface area contributed by atoms with Crippen LogP contribution in [0.4, 0.5) is 10.1 Å². The van der Waals surface area contributed by atoms with Gasteiger partial charge >= 0.3 is 0 Å². The molecule has 134 valence electrons. The summed E-state index contributed by atoms with van der Waals surface area (Å²) in [5, 5.41) is 7.80. The van der Waals surface area contributed by atoms with Crippen LogP contribution in [-0.4, -0.2) is 25.8 Å². The van der Waals surface area contributed by atoms with Crippen molar-refractivity contribution in [3.63, 3.8) is 0 Å². The van der Waals surface area contributed by atoms with Gasteiger partial charge in [-0.3, -0.25) is 0 Å². The van der Waals surface area contributed by atoms with Crippen molar-refractivity contribution in [3.8, 4) is 0 Å². The van der Waals surface area contributed by atoms with Crippen LogP contribution in [0.3, 0.4) is 0 Å². The molecule has 0 radical (unpaired) electrons. The fourth-order valence-corrected chi connectivity index (χ4v) is 3.21. The van der Waals surface area contributed by atoms with E-state index in [-0.39, 0.29) is 11.9 Å².